The van der Waals surface area contributed by atoms with Crippen LogP contribution in [0.3, 0.4) is 0 Å². The van der Waals surface area contributed by atoms with Crippen LogP contribution < -0.4 is 5.32 Å². The van der Waals surface area contributed by atoms with E-state index in [9.17, 15) is 14.3 Å². The van der Waals surface area contributed by atoms with Crippen LogP contribution in [-0.2, 0) is 6.42 Å². The number of benzene rings is 2. The molecule has 0 fully saturated rings. The molecule has 0 unspecified atom stereocenters. The van der Waals surface area contributed by atoms with Crippen molar-refractivity contribution in [2.24, 2.45) is 0 Å². The fraction of sp³-hybridized carbons (Fsp3) is 0.235. The van der Waals surface area contributed by atoms with Gasteiger partial charge < -0.3 is 10.4 Å². The topological polar surface area (TPSA) is 49.3 Å². The Morgan fingerprint density at radius 1 is 1.24 bits per heavy atom. The largest absolute Gasteiger partial charge is 0.508 e. The van der Waals surface area contributed by atoms with Crippen LogP contribution in [0, 0.1) is 19.7 Å². The predicted octanol–water partition coefficient (Wildman–Crippen LogP) is 3.12. The van der Waals surface area contributed by atoms with Crippen molar-refractivity contribution in [2.45, 2.75) is 20.3 Å². The molecule has 2 aromatic rings. The van der Waals surface area contributed by atoms with Crippen LogP contribution in [0.4, 0.5) is 4.39 Å². The van der Waals surface area contributed by atoms with Gasteiger partial charge in [-0.25, -0.2) is 4.39 Å². The average molecular weight is 287 g/mol. The maximum atomic E-state index is 13.0. The molecule has 0 aliphatic rings. The average Bonchev–Trinajstić information content (AvgIpc) is 2.44. The summed E-state index contributed by atoms with van der Waals surface area (Å²) in [5.41, 5.74) is 2.90. The number of halogens is 1. The van der Waals surface area contributed by atoms with Crippen molar-refractivity contribution in [3.63, 3.8) is 0 Å². The SMILES string of the molecule is Cc1cc(F)ccc1CCNC(=O)c1cccc(O)c1C. The number of phenols is 1. The normalized spacial score (nSPS) is 10.4. The standard InChI is InChI=1S/C17H18FNO2/c1-11-10-14(18)7-6-13(11)8-9-19-17(21)15-4-3-5-16(20)12(15)2/h3-7,10,20H,8-9H2,1-2H3,(H,19,21). The number of amides is 1. The summed E-state index contributed by atoms with van der Waals surface area (Å²) in [5.74, 6) is -0.365. The summed E-state index contributed by atoms with van der Waals surface area (Å²) in [4.78, 5) is 12.1. The van der Waals surface area contributed by atoms with Crippen LogP contribution in [0.15, 0.2) is 36.4 Å². The van der Waals surface area contributed by atoms with E-state index in [0.29, 0.717) is 24.1 Å². The van der Waals surface area contributed by atoms with Gasteiger partial charge in [0.25, 0.3) is 5.91 Å². The van der Waals surface area contributed by atoms with Gasteiger partial charge in [-0.2, -0.15) is 0 Å². The fourth-order valence-corrected chi connectivity index (χ4v) is 2.22. The summed E-state index contributed by atoms with van der Waals surface area (Å²) in [5, 5.41) is 12.4. The van der Waals surface area contributed by atoms with Crippen LogP contribution in [0.25, 0.3) is 0 Å². The Hall–Kier alpha value is -2.36. The minimum atomic E-state index is -0.254. The van der Waals surface area contributed by atoms with Gasteiger partial charge in [0.15, 0.2) is 0 Å². The number of phenolic OH excluding ortho intramolecular Hbond substituents is 1. The Kier molecular flexibility index (Phi) is 4.58. The summed E-state index contributed by atoms with van der Waals surface area (Å²) >= 11 is 0. The summed E-state index contributed by atoms with van der Waals surface area (Å²) in [7, 11) is 0. The highest BCUT2D eigenvalue weighted by molar-refractivity contribution is 5.96. The first-order valence-electron chi connectivity index (χ1n) is 6.81. The summed E-state index contributed by atoms with van der Waals surface area (Å²) < 4.78 is 13.0. The highest BCUT2D eigenvalue weighted by Crippen LogP contribution is 2.19. The Balaban J connectivity index is 1.97. The molecule has 0 radical (unpaired) electrons. The molecule has 0 atom stereocenters. The van der Waals surface area contributed by atoms with Crippen molar-refractivity contribution in [3.8, 4) is 5.75 Å². The van der Waals surface area contributed by atoms with E-state index in [1.807, 2.05) is 6.92 Å². The first-order valence-corrected chi connectivity index (χ1v) is 6.81. The van der Waals surface area contributed by atoms with Crippen molar-refractivity contribution >= 4 is 5.91 Å². The number of aromatic hydroxyl groups is 1. The molecule has 0 aliphatic heterocycles. The zero-order chi connectivity index (χ0) is 15.4. The molecule has 0 aromatic heterocycles. The second-order valence-corrected chi connectivity index (χ2v) is 5.03. The first-order chi connectivity index (χ1) is 9.99. The lowest BCUT2D eigenvalue weighted by molar-refractivity contribution is 0.0953. The molecule has 2 N–H and O–H groups in total. The van der Waals surface area contributed by atoms with E-state index in [0.717, 1.165) is 11.1 Å². The van der Waals surface area contributed by atoms with Gasteiger partial charge in [0.2, 0.25) is 0 Å². The molecule has 21 heavy (non-hydrogen) atoms. The quantitative estimate of drug-likeness (QED) is 0.907. The number of nitrogens with one attached hydrogen (secondary N) is 1. The molecule has 0 aliphatic carbocycles. The Morgan fingerprint density at radius 3 is 2.71 bits per heavy atom. The number of aryl methyl sites for hydroxylation is 1. The van der Waals surface area contributed by atoms with E-state index in [2.05, 4.69) is 5.32 Å². The van der Waals surface area contributed by atoms with Crippen molar-refractivity contribution in [1.82, 2.24) is 5.32 Å². The van der Waals surface area contributed by atoms with Crippen LogP contribution in [-0.4, -0.2) is 17.6 Å². The van der Waals surface area contributed by atoms with E-state index in [-0.39, 0.29) is 17.5 Å². The number of carbonyl (C=O) groups excluding carboxylic acids is 1. The molecule has 2 aromatic carbocycles. The summed E-state index contributed by atoms with van der Waals surface area (Å²) in [6.45, 7) is 4.01. The van der Waals surface area contributed by atoms with Crippen LogP contribution >= 0.6 is 0 Å². The lowest BCUT2D eigenvalue weighted by Gasteiger charge is -2.10. The maximum absolute atomic E-state index is 13.0. The first kappa shape index (κ1) is 15.0. The third-order valence-electron chi connectivity index (χ3n) is 3.53. The third-order valence-corrected chi connectivity index (χ3v) is 3.53. The second-order valence-electron chi connectivity index (χ2n) is 5.03. The van der Waals surface area contributed by atoms with Crippen molar-refractivity contribution < 1.29 is 14.3 Å². The van der Waals surface area contributed by atoms with Gasteiger partial charge in [-0.3, -0.25) is 4.79 Å². The molecule has 0 bridgehead atoms. The highest BCUT2D eigenvalue weighted by atomic mass is 19.1. The Bertz CT molecular complexity index is 668. The van der Waals surface area contributed by atoms with Gasteiger partial charge in [0.1, 0.15) is 11.6 Å². The molecule has 3 nitrogen and oxygen atoms in total. The van der Waals surface area contributed by atoms with Gasteiger partial charge in [-0.1, -0.05) is 12.1 Å². The Morgan fingerprint density at radius 2 is 2.00 bits per heavy atom. The summed E-state index contributed by atoms with van der Waals surface area (Å²) in [6.07, 6.45) is 0.635. The monoisotopic (exact) mass is 287 g/mol. The highest BCUT2D eigenvalue weighted by Gasteiger charge is 2.10. The minimum Gasteiger partial charge on any atom is -0.508 e. The molecule has 0 saturated carbocycles. The number of hydrogen-bond acceptors (Lipinski definition) is 2. The molecule has 0 saturated heterocycles. The molecular formula is C17H18FNO2. The fourth-order valence-electron chi connectivity index (χ4n) is 2.22. The van der Waals surface area contributed by atoms with E-state index in [1.54, 1.807) is 31.2 Å². The van der Waals surface area contributed by atoms with Gasteiger partial charge in [-0.15, -0.1) is 0 Å². The number of rotatable bonds is 4. The minimum absolute atomic E-state index is 0.108. The Labute approximate surface area is 123 Å². The second kappa shape index (κ2) is 6.39. The third kappa shape index (κ3) is 3.60. The van der Waals surface area contributed by atoms with Crippen LogP contribution in [0.2, 0.25) is 0 Å². The molecule has 110 valence electrons. The van der Waals surface area contributed by atoms with Crippen LogP contribution in [0.5, 0.6) is 5.75 Å². The van der Waals surface area contributed by atoms with E-state index >= 15 is 0 Å². The predicted molar refractivity (Wildman–Crippen MR) is 80.0 cm³/mol. The zero-order valence-corrected chi connectivity index (χ0v) is 12.1. The summed E-state index contributed by atoms with van der Waals surface area (Å²) in [6, 6.07) is 9.50. The van der Waals surface area contributed by atoms with Gasteiger partial charge in [0, 0.05) is 17.7 Å². The zero-order valence-electron chi connectivity index (χ0n) is 12.1. The molecule has 2 rings (SSSR count). The van der Waals surface area contributed by atoms with Gasteiger partial charge >= 0.3 is 0 Å². The van der Waals surface area contributed by atoms with Gasteiger partial charge in [0.05, 0.1) is 0 Å². The van der Waals surface area contributed by atoms with Crippen molar-refractivity contribution in [2.75, 3.05) is 6.54 Å². The smallest absolute Gasteiger partial charge is 0.251 e. The molecule has 1 amide bonds. The lowest BCUT2D eigenvalue weighted by atomic mass is 10.0. The molecule has 0 heterocycles. The molecule has 0 spiro atoms. The number of carbonyl (C=O) groups is 1. The molecular weight excluding hydrogens is 269 g/mol. The maximum Gasteiger partial charge on any atom is 0.251 e. The van der Waals surface area contributed by atoms with Crippen LogP contribution in [0.1, 0.15) is 27.0 Å². The van der Waals surface area contributed by atoms with Gasteiger partial charge in [-0.05, 0) is 55.7 Å². The lowest BCUT2D eigenvalue weighted by Crippen LogP contribution is -2.26. The van der Waals surface area contributed by atoms with E-state index in [1.165, 1.54) is 12.1 Å². The number of hydrogen-bond donors (Lipinski definition) is 2. The van der Waals surface area contributed by atoms with Crippen molar-refractivity contribution in [3.05, 3.63) is 64.5 Å². The molecule has 4 heteroatoms. The van der Waals surface area contributed by atoms with Crippen molar-refractivity contribution in [1.29, 1.82) is 0 Å². The van der Waals surface area contributed by atoms with E-state index in [4.69, 9.17) is 0 Å². The van der Waals surface area contributed by atoms with E-state index < -0.39 is 0 Å².